The van der Waals surface area contributed by atoms with Gasteiger partial charge < -0.3 is 10.4 Å². The maximum Gasteiger partial charge on any atom is 0.146 e. The second kappa shape index (κ2) is 5.23. The normalized spacial score (nSPS) is 12.1. The van der Waals surface area contributed by atoms with Gasteiger partial charge in [-0.25, -0.2) is 4.98 Å². The fraction of sp³-hybridized carbons (Fsp3) is 0.167. The number of hydrogen-bond donors (Lipinski definition) is 2. The first-order valence-electron chi connectivity index (χ1n) is 5.09. The van der Waals surface area contributed by atoms with Gasteiger partial charge in [-0.15, -0.1) is 0 Å². The van der Waals surface area contributed by atoms with E-state index in [1.165, 1.54) is 0 Å². The molecule has 16 heavy (non-hydrogen) atoms. The van der Waals surface area contributed by atoms with Gasteiger partial charge >= 0.3 is 0 Å². The van der Waals surface area contributed by atoms with E-state index in [1.807, 2.05) is 30.3 Å². The van der Waals surface area contributed by atoms with Gasteiger partial charge in [-0.3, -0.25) is 4.98 Å². The van der Waals surface area contributed by atoms with Gasteiger partial charge in [0.15, 0.2) is 0 Å². The van der Waals surface area contributed by atoms with E-state index in [2.05, 4.69) is 15.3 Å². The van der Waals surface area contributed by atoms with Crippen LogP contribution in [0, 0.1) is 0 Å². The minimum Gasteiger partial charge on any atom is -0.373 e. The molecule has 0 aliphatic carbocycles. The van der Waals surface area contributed by atoms with Crippen LogP contribution in [0.1, 0.15) is 5.56 Å². The van der Waals surface area contributed by atoms with E-state index in [4.69, 9.17) is 0 Å². The van der Waals surface area contributed by atoms with Crippen LogP contribution in [0.2, 0.25) is 0 Å². The number of hydrogen-bond acceptors (Lipinski definition) is 4. The molecule has 0 aliphatic rings. The SMILES string of the molecule is OC(Cc1ccccc1)Nc1cnccn1. The average Bonchev–Trinajstić information content (AvgIpc) is 2.31. The molecule has 4 heteroatoms. The average molecular weight is 215 g/mol. The lowest BCUT2D eigenvalue weighted by atomic mass is 10.1. The topological polar surface area (TPSA) is 58.0 Å². The monoisotopic (exact) mass is 215 g/mol. The molecule has 2 N–H and O–H groups in total. The third kappa shape index (κ3) is 3.03. The van der Waals surface area contributed by atoms with E-state index in [9.17, 15) is 5.11 Å². The molecule has 0 fully saturated rings. The molecular formula is C12H13N3O. The Hall–Kier alpha value is -1.94. The number of benzene rings is 1. The summed E-state index contributed by atoms with van der Waals surface area (Å²) in [6.07, 6.45) is 4.64. The minimum atomic E-state index is -0.654. The maximum absolute atomic E-state index is 9.78. The first-order valence-corrected chi connectivity index (χ1v) is 5.09. The lowest BCUT2D eigenvalue weighted by molar-refractivity contribution is 0.203. The Labute approximate surface area is 94.0 Å². The summed E-state index contributed by atoms with van der Waals surface area (Å²) in [5.74, 6) is 0.575. The Morgan fingerprint density at radius 3 is 2.69 bits per heavy atom. The molecule has 1 unspecified atom stereocenters. The van der Waals surface area contributed by atoms with E-state index in [0.29, 0.717) is 12.2 Å². The van der Waals surface area contributed by atoms with Gasteiger partial charge in [0.25, 0.3) is 0 Å². The molecule has 82 valence electrons. The highest BCUT2D eigenvalue weighted by atomic mass is 16.3. The van der Waals surface area contributed by atoms with Crippen molar-refractivity contribution < 1.29 is 5.11 Å². The number of aliphatic hydroxyl groups is 1. The second-order valence-corrected chi connectivity index (χ2v) is 3.44. The van der Waals surface area contributed by atoms with Crippen LogP contribution < -0.4 is 5.32 Å². The lowest BCUT2D eigenvalue weighted by Gasteiger charge is -2.12. The van der Waals surface area contributed by atoms with Crippen molar-refractivity contribution in [1.82, 2.24) is 9.97 Å². The summed E-state index contributed by atoms with van der Waals surface area (Å²) in [5.41, 5.74) is 1.08. The highest BCUT2D eigenvalue weighted by molar-refractivity contribution is 5.31. The van der Waals surface area contributed by atoms with Crippen LogP contribution in [-0.4, -0.2) is 21.3 Å². The summed E-state index contributed by atoms with van der Waals surface area (Å²) < 4.78 is 0. The van der Waals surface area contributed by atoms with Crippen LogP contribution in [0.3, 0.4) is 0 Å². The molecule has 0 amide bonds. The molecule has 0 bridgehead atoms. The Bertz CT molecular complexity index is 377. The van der Waals surface area contributed by atoms with E-state index in [0.717, 1.165) is 5.56 Å². The highest BCUT2D eigenvalue weighted by Crippen LogP contribution is 2.05. The quantitative estimate of drug-likeness (QED) is 0.758. The van der Waals surface area contributed by atoms with Crippen molar-refractivity contribution in [2.75, 3.05) is 5.32 Å². The number of aliphatic hydroxyl groups excluding tert-OH is 1. The molecule has 1 aromatic carbocycles. The van der Waals surface area contributed by atoms with Crippen LogP contribution in [0.25, 0.3) is 0 Å². The zero-order valence-electron chi connectivity index (χ0n) is 8.74. The van der Waals surface area contributed by atoms with Gasteiger partial charge in [0.2, 0.25) is 0 Å². The van der Waals surface area contributed by atoms with E-state index in [1.54, 1.807) is 18.6 Å². The second-order valence-electron chi connectivity index (χ2n) is 3.44. The van der Waals surface area contributed by atoms with Crippen LogP contribution in [0.5, 0.6) is 0 Å². The lowest BCUT2D eigenvalue weighted by Crippen LogP contribution is -2.22. The van der Waals surface area contributed by atoms with Gasteiger partial charge in [0, 0.05) is 18.8 Å². The fourth-order valence-corrected chi connectivity index (χ4v) is 1.43. The first kappa shape index (κ1) is 10.6. The van der Waals surface area contributed by atoms with E-state index < -0.39 is 6.23 Å². The molecule has 0 radical (unpaired) electrons. The largest absolute Gasteiger partial charge is 0.373 e. The van der Waals surface area contributed by atoms with Crippen molar-refractivity contribution in [2.24, 2.45) is 0 Å². The Kier molecular flexibility index (Phi) is 3.46. The Balaban J connectivity index is 1.92. The van der Waals surface area contributed by atoms with Gasteiger partial charge in [0.1, 0.15) is 12.0 Å². The third-order valence-electron chi connectivity index (χ3n) is 2.15. The zero-order valence-corrected chi connectivity index (χ0v) is 8.74. The molecule has 1 aromatic heterocycles. The predicted molar refractivity (Wildman–Crippen MR) is 61.8 cm³/mol. The van der Waals surface area contributed by atoms with Crippen LogP contribution in [-0.2, 0) is 6.42 Å². The molecule has 0 saturated heterocycles. The molecular weight excluding hydrogens is 202 g/mol. The molecule has 0 spiro atoms. The van der Waals surface area contributed by atoms with Crippen molar-refractivity contribution in [1.29, 1.82) is 0 Å². The van der Waals surface area contributed by atoms with E-state index >= 15 is 0 Å². The maximum atomic E-state index is 9.78. The standard InChI is InChI=1S/C12H13N3O/c16-12(8-10-4-2-1-3-5-10)15-11-9-13-6-7-14-11/h1-7,9,12,16H,8H2,(H,14,15). The summed E-state index contributed by atoms with van der Waals surface area (Å²) in [6, 6.07) is 9.80. The van der Waals surface area contributed by atoms with Crippen molar-refractivity contribution >= 4 is 5.82 Å². The Morgan fingerprint density at radius 1 is 1.19 bits per heavy atom. The van der Waals surface area contributed by atoms with Gasteiger partial charge in [-0.1, -0.05) is 30.3 Å². The smallest absolute Gasteiger partial charge is 0.146 e. The van der Waals surface area contributed by atoms with Crippen LogP contribution in [0.4, 0.5) is 5.82 Å². The van der Waals surface area contributed by atoms with Crippen molar-refractivity contribution in [3.63, 3.8) is 0 Å². The van der Waals surface area contributed by atoms with Crippen molar-refractivity contribution in [3.8, 4) is 0 Å². The van der Waals surface area contributed by atoms with Gasteiger partial charge in [-0.05, 0) is 5.56 Å². The number of aromatic nitrogens is 2. The highest BCUT2D eigenvalue weighted by Gasteiger charge is 2.05. The summed E-state index contributed by atoms with van der Waals surface area (Å²) >= 11 is 0. The summed E-state index contributed by atoms with van der Waals surface area (Å²) in [7, 11) is 0. The number of nitrogens with one attached hydrogen (secondary N) is 1. The molecule has 0 aliphatic heterocycles. The third-order valence-corrected chi connectivity index (χ3v) is 2.15. The van der Waals surface area contributed by atoms with Crippen LogP contribution >= 0.6 is 0 Å². The summed E-state index contributed by atoms with van der Waals surface area (Å²) in [6.45, 7) is 0. The summed E-state index contributed by atoms with van der Waals surface area (Å²) in [5, 5.41) is 12.6. The molecule has 4 nitrogen and oxygen atoms in total. The van der Waals surface area contributed by atoms with Crippen molar-refractivity contribution in [2.45, 2.75) is 12.6 Å². The molecule has 1 atom stereocenters. The van der Waals surface area contributed by atoms with E-state index in [-0.39, 0.29) is 0 Å². The number of anilines is 1. The van der Waals surface area contributed by atoms with Gasteiger partial charge in [-0.2, -0.15) is 0 Å². The van der Waals surface area contributed by atoms with Crippen molar-refractivity contribution in [3.05, 3.63) is 54.5 Å². The van der Waals surface area contributed by atoms with Gasteiger partial charge in [0.05, 0.1) is 6.20 Å². The fourth-order valence-electron chi connectivity index (χ4n) is 1.43. The number of rotatable bonds is 4. The zero-order chi connectivity index (χ0) is 11.2. The molecule has 0 saturated carbocycles. The minimum absolute atomic E-state index is 0.539. The molecule has 2 rings (SSSR count). The van der Waals surface area contributed by atoms with Crippen LogP contribution in [0.15, 0.2) is 48.9 Å². The first-order chi connectivity index (χ1) is 7.84. The Morgan fingerprint density at radius 2 is 2.00 bits per heavy atom. The predicted octanol–water partition coefficient (Wildman–Crippen LogP) is 1.45. The number of nitrogens with zero attached hydrogens (tertiary/aromatic N) is 2. The summed E-state index contributed by atoms with van der Waals surface area (Å²) in [4.78, 5) is 7.94. The molecule has 1 heterocycles. The molecule has 2 aromatic rings.